The fraction of sp³-hybridized carbons (Fsp3) is 0.500. The number of anilines is 1. The second-order valence-electron chi connectivity index (χ2n) is 6.02. The summed E-state index contributed by atoms with van der Waals surface area (Å²) in [7, 11) is 0. The summed E-state index contributed by atoms with van der Waals surface area (Å²) in [5.41, 5.74) is 3.09. The SMILES string of the molecule is Cc1cc(N2CCC(=O)NC(C3CC3)C2=O)cc(C)c1Br. The standard InChI is InChI=1S/C16H19BrN2O2/c1-9-7-12(8-10(2)14(9)17)19-6-5-13(20)18-15(16(19)21)11-3-4-11/h7-8,11,15H,3-6H2,1-2H3,(H,18,20). The lowest BCUT2D eigenvalue weighted by Gasteiger charge is -2.25. The van der Waals surface area contributed by atoms with E-state index in [-0.39, 0.29) is 17.9 Å². The van der Waals surface area contributed by atoms with Crippen LogP contribution < -0.4 is 10.2 Å². The van der Waals surface area contributed by atoms with Gasteiger partial charge < -0.3 is 10.2 Å². The summed E-state index contributed by atoms with van der Waals surface area (Å²) in [4.78, 5) is 26.4. The van der Waals surface area contributed by atoms with Crippen molar-refractivity contribution in [1.29, 1.82) is 0 Å². The Bertz CT molecular complexity index is 587. The molecule has 2 aliphatic rings. The molecule has 1 aliphatic heterocycles. The van der Waals surface area contributed by atoms with Gasteiger partial charge in [-0.1, -0.05) is 15.9 Å². The molecule has 1 heterocycles. The van der Waals surface area contributed by atoms with Crippen LogP contribution in [0.5, 0.6) is 0 Å². The highest BCUT2D eigenvalue weighted by atomic mass is 79.9. The largest absolute Gasteiger partial charge is 0.344 e. The van der Waals surface area contributed by atoms with E-state index in [4.69, 9.17) is 0 Å². The van der Waals surface area contributed by atoms with Gasteiger partial charge >= 0.3 is 0 Å². The minimum atomic E-state index is -0.343. The summed E-state index contributed by atoms with van der Waals surface area (Å²) >= 11 is 3.55. The monoisotopic (exact) mass is 350 g/mol. The molecule has 0 bridgehead atoms. The number of carbonyl (C=O) groups is 2. The molecule has 2 amide bonds. The first-order valence-corrected chi connectivity index (χ1v) is 8.14. The van der Waals surface area contributed by atoms with Gasteiger partial charge in [-0.3, -0.25) is 9.59 Å². The quantitative estimate of drug-likeness (QED) is 0.891. The molecule has 0 spiro atoms. The second-order valence-corrected chi connectivity index (χ2v) is 6.81. The average molecular weight is 351 g/mol. The van der Waals surface area contributed by atoms with E-state index in [1.165, 1.54) is 0 Å². The zero-order valence-corrected chi connectivity index (χ0v) is 13.9. The van der Waals surface area contributed by atoms with Crippen molar-refractivity contribution in [3.8, 4) is 0 Å². The van der Waals surface area contributed by atoms with Crippen molar-refractivity contribution in [3.63, 3.8) is 0 Å². The number of hydrogen-bond acceptors (Lipinski definition) is 2. The third-order valence-electron chi connectivity index (χ3n) is 4.24. The number of rotatable bonds is 2. The van der Waals surface area contributed by atoms with Gasteiger partial charge in [0.1, 0.15) is 6.04 Å². The second kappa shape index (κ2) is 5.44. The summed E-state index contributed by atoms with van der Waals surface area (Å²) in [6.07, 6.45) is 2.43. The van der Waals surface area contributed by atoms with Gasteiger partial charge in [-0.2, -0.15) is 0 Å². The number of aryl methyl sites for hydroxylation is 2. The van der Waals surface area contributed by atoms with Gasteiger partial charge in [-0.15, -0.1) is 0 Å². The Balaban J connectivity index is 1.95. The van der Waals surface area contributed by atoms with E-state index in [0.29, 0.717) is 18.9 Å². The van der Waals surface area contributed by atoms with Crippen LogP contribution in [-0.4, -0.2) is 24.4 Å². The van der Waals surface area contributed by atoms with Crippen LogP contribution in [0.4, 0.5) is 5.69 Å². The number of halogens is 1. The molecular weight excluding hydrogens is 332 g/mol. The van der Waals surface area contributed by atoms with E-state index in [1.54, 1.807) is 4.90 Å². The summed E-state index contributed by atoms with van der Waals surface area (Å²) in [5.74, 6) is 0.331. The molecule has 1 saturated carbocycles. The molecule has 1 aromatic rings. The molecule has 3 rings (SSSR count). The van der Waals surface area contributed by atoms with E-state index in [0.717, 1.165) is 34.1 Å². The Morgan fingerprint density at radius 1 is 1.19 bits per heavy atom. The minimum absolute atomic E-state index is 0.0201. The lowest BCUT2D eigenvalue weighted by Crippen LogP contribution is -2.46. The van der Waals surface area contributed by atoms with Crippen LogP contribution in [0.2, 0.25) is 0 Å². The Morgan fingerprint density at radius 3 is 2.38 bits per heavy atom. The van der Waals surface area contributed by atoms with Crippen molar-refractivity contribution in [3.05, 3.63) is 27.7 Å². The van der Waals surface area contributed by atoms with E-state index in [1.807, 2.05) is 26.0 Å². The van der Waals surface area contributed by atoms with Crippen LogP contribution in [0.1, 0.15) is 30.4 Å². The molecule has 21 heavy (non-hydrogen) atoms. The molecule has 4 nitrogen and oxygen atoms in total. The number of nitrogens with one attached hydrogen (secondary N) is 1. The van der Waals surface area contributed by atoms with Crippen molar-refractivity contribution < 1.29 is 9.59 Å². The van der Waals surface area contributed by atoms with Gasteiger partial charge in [0.05, 0.1) is 0 Å². The molecule has 1 aromatic carbocycles. The Morgan fingerprint density at radius 2 is 1.81 bits per heavy atom. The Labute approximate surface area is 133 Å². The van der Waals surface area contributed by atoms with Gasteiger partial charge in [-0.25, -0.2) is 0 Å². The smallest absolute Gasteiger partial charge is 0.249 e. The molecule has 2 fully saturated rings. The van der Waals surface area contributed by atoms with Crippen LogP contribution in [0.25, 0.3) is 0 Å². The molecule has 0 aromatic heterocycles. The fourth-order valence-corrected chi connectivity index (χ4v) is 3.11. The fourth-order valence-electron chi connectivity index (χ4n) is 2.88. The van der Waals surface area contributed by atoms with E-state index in [9.17, 15) is 9.59 Å². The summed E-state index contributed by atoms with van der Waals surface area (Å²) in [5, 5.41) is 2.89. The van der Waals surface area contributed by atoms with Crippen LogP contribution in [-0.2, 0) is 9.59 Å². The molecular formula is C16H19BrN2O2. The average Bonchev–Trinajstić information content (AvgIpc) is 3.25. The molecule has 0 radical (unpaired) electrons. The zero-order valence-electron chi connectivity index (χ0n) is 12.3. The zero-order chi connectivity index (χ0) is 15.1. The molecule has 112 valence electrons. The molecule has 1 unspecified atom stereocenters. The van der Waals surface area contributed by atoms with Crippen molar-refractivity contribution in [2.45, 2.75) is 39.2 Å². The normalized spacial score (nSPS) is 23.0. The van der Waals surface area contributed by atoms with Crippen LogP contribution in [0.15, 0.2) is 16.6 Å². The maximum atomic E-state index is 12.8. The lowest BCUT2D eigenvalue weighted by molar-refractivity contribution is -0.126. The number of nitrogens with zero attached hydrogens (tertiary/aromatic N) is 1. The third kappa shape index (κ3) is 2.84. The lowest BCUT2D eigenvalue weighted by atomic mass is 10.1. The molecule has 1 aliphatic carbocycles. The highest BCUT2D eigenvalue weighted by molar-refractivity contribution is 9.10. The number of benzene rings is 1. The molecule has 5 heteroatoms. The molecule has 1 saturated heterocycles. The van der Waals surface area contributed by atoms with E-state index >= 15 is 0 Å². The summed E-state index contributed by atoms with van der Waals surface area (Å²) in [6, 6.07) is 3.67. The Kier molecular flexibility index (Phi) is 3.78. The van der Waals surface area contributed by atoms with Gasteiger partial charge in [-0.05, 0) is 55.9 Å². The van der Waals surface area contributed by atoms with Gasteiger partial charge in [0, 0.05) is 23.1 Å². The van der Waals surface area contributed by atoms with Gasteiger partial charge in [0.25, 0.3) is 0 Å². The van der Waals surface area contributed by atoms with Crippen LogP contribution in [0, 0.1) is 19.8 Å². The topological polar surface area (TPSA) is 49.4 Å². The summed E-state index contributed by atoms with van der Waals surface area (Å²) < 4.78 is 1.07. The van der Waals surface area contributed by atoms with E-state index in [2.05, 4.69) is 21.2 Å². The predicted molar refractivity (Wildman–Crippen MR) is 85.2 cm³/mol. The van der Waals surface area contributed by atoms with Gasteiger partial charge in [0.2, 0.25) is 11.8 Å². The van der Waals surface area contributed by atoms with Crippen LogP contribution in [0.3, 0.4) is 0 Å². The third-order valence-corrected chi connectivity index (χ3v) is 5.49. The van der Waals surface area contributed by atoms with Crippen molar-refractivity contribution in [2.24, 2.45) is 5.92 Å². The number of amides is 2. The molecule has 1 N–H and O–H groups in total. The van der Waals surface area contributed by atoms with Crippen LogP contribution >= 0.6 is 15.9 Å². The first-order chi connectivity index (χ1) is 9.97. The number of carbonyl (C=O) groups excluding carboxylic acids is 2. The van der Waals surface area contributed by atoms with Crippen molar-refractivity contribution in [1.82, 2.24) is 5.32 Å². The first-order valence-electron chi connectivity index (χ1n) is 7.35. The van der Waals surface area contributed by atoms with E-state index < -0.39 is 0 Å². The highest BCUT2D eigenvalue weighted by Gasteiger charge is 2.41. The predicted octanol–water partition coefficient (Wildman–Crippen LogP) is 2.70. The highest BCUT2D eigenvalue weighted by Crippen LogP contribution is 2.35. The first kappa shape index (κ1) is 14.6. The molecule has 1 atom stereocenters. The van der Waals surface area contributed by atoms with Crippen molar-refractivity contribution >= 4 is 33.4 Å². The maximum absolute atomic E-state index is 12.8. The number of hydrogen-bond donors (Lipinski definition) is 1. The van der Waals surface area contributed by atoms with Crippen molar-refractivity contribution in [2.75, 3.05) is 11.4 Å². The van der Waals surface area contributed by atoms with Gasteiger partial charge in [0.15, 0.2) is 0 Å². The maximum Gasteiger partial charge on any atom is 0.249 e. The minimum Gasteiger partial charge on any atom is -0.344 e. The summed E-state index contributed by atoms with van der Waals surface area (Å²) in [6.45, 7) is 4.49. The Hall–Kier alpha value is -1.36.